The summed E-state index contributed by atoms with van der Waals surface area (Å²) in [4.78, 5) is 0. The van der Waals surface area contributed by atoms with Crippen molar-refractivity contribution in [1.29, 1.82) is 0 Å². The molecule has 1 rings (SSSR count). The maximum atomic E-state index is 11.2. The largest absolute Gasteiger partial charge is 0.269 e. The van der Waals surface area contributed by atoms with E-state index >= 15 is 0 Å². The fourth-order valence-corrected chi connectivity index (χ4v) is 1.45. The number of rotatable bonds is 2. The van der Waals surface area contributed by atoms with Crippen LogP contribution < -0.4 is 0 Å². The average molecular weight is 158 g/mol. The van der Waals surface area contributed by atoms with Crippen LogP contribution in [0.3, 0.4) is 0 Å². The molecule has 0 fully saturated rings. The van der Waals surface area contributed by atoms with Crippen molar-refractivity contribution in [2.75, 3.05) is 0 Å². The SMILES string of the molecule is CC(C)S(=O)c1ccn[nH]1. The molecule has 4 heteroatoms. The summed E-state index contributed by atoms with van der Waals surface area (Å²) in [5.74, 6) is 0. The molecule has 3 nitrogen and oxygen atoms in total. The van der Waals surface area contributed by atoms with Crippen molar-refractivity contribution in [3.8, 4) is 0 Å². The summed E-state index contributed by atoms with van der Waals surface area (Å²) in [5, 5.41) is 7.23. The first-order valence-corrected chi connectivity index (χ1v) is 4.33. The van der Waals surface area contributed by atoms with Crippen molar-refractivity contribution in [3.63, 3.8) is 0 Å². The number of aromatic nitrogens is 2. The highest BCUT2D eigenvalue weighted by Gasteiger charge is 2.07. The second-order valence-corrected chi connectivity index (χ2v) is 4.24. The maximum Gasteiger partial charge on any atom is 0.122 e. The van der Waals surface area contributed by atoms with Crippen LogP contribution in [0, 0.1) is 0 Å². The molecule has 1 unspecified atom stereocenters. The van der Waals surface area contributed by atoms with Crippen LogP contribution in [-0.4, -0.2) is 19.7 Å². The normalized spacial score (nSPS) is 13.9. The van der Waals surface area contributed by atoms with Crippen molar-refractivity contribution in [2.45, 2.75) is 24.1 Å². The van der Waals surface area contributed by atoms with E-state index in [0.717, 1.165) is 0 Å². The van der Waals surface area contributed by atoms with Gasteiger partial charge in [-0.3, -0.25) is 9.31 Å². The summed E-state index contributed by atoms with van der Waals surface area (Å²) in [6.45, 7) is 3.83. The zero-order valence-corrected chi connectivity index (χ0v) is 6.81. The van der Waals surface area contributed by atoms with Crippen molar-refractivity contribution in [3.05, 3.63) is 12.3 Å². The van der Waals surface area contributed by atoms with Gasteiger partial charge in [-0.05, 0) is 6.07 Å². The molecule has 0 amide bonds. The summed E-state index contributed by atoms with van der Waals surface area (Å²) in [6, 6.07) is 1.73. The monoisotopic (exact) mass is 158 g/mol. The number of H-pyrrole nitrogens is 1. The number of aromatic amines is 1. The predicted octanol–water partition coefficient (Wildman–Crippen LogP) is 0.926. The summed E-state index contributed by atoms with van der Waals surface area (Å²) in [6.07, 6.45) is 1.61. The minimum absolute atomic E-state index is 0.153. The third-order valence-electron chi connectivity index (χ3n) is 1.12. The third kappa shape index (κ3) is 1.44. The number of hydrogen-bond acceptors (Lipinski definition) is 2. The first-order chi connectivity index (χ1) is 4.72. The van der Waals surface area contributed by atoms with Gasteiger partial charge in [-0.25, -0.2) is 0 Å². The summed E-state index contributed by atoms with van der Waals surface area (Å²) in [7, 11) is -0.922. The highest BCUT2D eigenvalue weighted by atomic mass is 32.2. The molecule has 0 bridgehead atoms. The van der Waals surface area contributed by atoms with Crippen LogP contribution in [0.1, 0.15) is 13.8 Å². The predicted molar refractivity (Wildman–Crippen MR) is 40.1 cm³/mol. The molecule has 1 N–H and O–H groups in total. The van der Waals surface area contributed by atoms with Gasteiger partial charge in [-0.2, -0.15) is 5.10 Å². The van der Waals surface area contributed by atoms with Gasteiger partial charge in [0, 0.05) is 11.4 Å². The molecule has 10 heavy (non-hydrogen) atoms. The Balaban J connectivity index is 2.78. The zero-order valence-electron chi connectivity index (χ0n) is 6.00. The molecule has 0 aliphatic carbocycles. The Morgan fingerprint density at radius 1 is 1.70 bits per heavy atom. The van der Waals surface area contributed by atoms with Crippen molar-refractivity contribution >= 4 is 10.8 Å². The van der Waals surface area contributed by atoms with E-state index in [1.54, 1.807) is 12.3 Å². The van der Waals surface area contributed by atoms with E-state index in [0.29, 0.717) is 5.03 Å². The lowest BCUT2D eigenvalue weighted by Gasteiger charge is -1.99. The van der Waals surface area contributed by atoms with Crippen LogP contribution in [0.25, 0.3) is 0 Å². The molecule has 1 atom stereocenters. The standard InChI is InChI=1S/C6H10N2OS/c1-5(2)10(9)6-3-4-7-8-6/h3-5H,1-2H3,(H,7,8). The third-order valence-corrected chi connectivity index (χ3v) is 2.64. The smallest absolute Gasteiger partial charge is 0.122 e. The van der Waals surface area contributed by atoms with Crippen molar-refractivity contribution < 1.29 is 4.21 Å². The van der Waals surface area contributed by atoms with Crippen LogP contribution in [0.5, 0.6) is 0 Å². The van der Waals surface area contributed by atoms with Gasteiger partial charge in [0.25, 0.3) is 0 Å². The lowest BCUT2D eigenvalue weighted by Crippen LogP contribution is -2.05. The molecule has 1 heterocycles. The van der Waals surface area contributed by atoms with E-state index in [1.807, 2.05) is 13.8 Å². The molecule has 0 saturated carbocycles. The molecule has 0 aromatic carbocycles. The number of nitrogens with zero attached hydrogens (tertiary/aromatic N) is 1. The molecular formula is C6H10N2OS. The van der Waals surface area contributed by atoms with Crippen LogP contribution in [0.4, 0.5) is 0 Å². The van der Waals surface area contributed by atoms with E-state index in [4.69, 9.17) is 0 Å². The molecule has 0 saturated heterocycles. The van der Waals surface area contributed by atoms with Gasteiger partial charge < -0.3 is 0 Å². The Kier molecular flexibility index (Phi) is 2.21. The minimum atomic E-state index is -0.922. The Morgan fingerprint density at radius 3 is 2.80 bits per heavy atom. The fraction of sp³-hybridized carbons (Fsp3) is 0.500. The van der Waals surface area contributed by atoms with Crippen LogP contribution >= 0.6 is 0 Å². The number of nitrogens with one attached hydrogen (secondary N) is 1. The topological polar surface area (TPSA) is 45.8 Å². The van der Waals surface area contributed by atoms with Gasteiger partial charge in [0.05, 0.1) is 10.8 Å². The Hall–Kier alpha value is -0.640. The zero-order chi connectivity index (χ0) is 7.56. The molecule has 0 aliphatic rings. The van der Waals surface area contributed by atoms with Gasteiger partial charge in [0.15, 0.2) is 0 Å². The Morgan fingerprint density at radius 2 is 2.40 bits per heavy atom. The molecule has 1 aromatic heterocycles. The fourth-order valence-electron chi connectivity index (χ4n) is 0.609. The molecule has 0 radical (unpaired) electrons. The first-order valence-electron chi connectivity index (χ1n) is 3.12. The van der Waals surface area contributed by atoms with Gasteiger partial charge in [0.2, 0.25) is 0 Å². The van der Waals surface area contributed by atoms with E-state index in [9.17, 15) is 4.21 Å². The summed E-state index contributed by atoms with van der Waals surface area (Å²) >= 11 is 0. The molecule has 1 aromatic rings. The molecule has 0 aliphatic heterocycles. The van der Waals surface area contributed by atoms with Crippen molar-refractivity contribution in [1.82, 2.24) is 10.2 Å². The van der Waals surface area contributed by atoms with E-state index < -0.39 is 10.8 Å². The lowest BCUT2D eigenvalue weighted by molar-refractivity contribution is 0.673. The first kappa shape index (κ1) is 7.47. The number of hydrogen-bond donors (Lipinski definition) is 1. The summed E-state index contributed by atoms with van der Waals surface area (Å²) < 4.78 is 11.2. The van der Waals surface area contributed by atoms with E-state index in [1.165, 1.54) is 0 Å². The Labute approximate surface area is 62.3 Å². The van der Waals surface area contributed by atoms with Crippen LogP contribution in [-0.2, 0) is 10.8 Å². The van der Waals surface area contributed by atoms with Gasteiger partial charge >= 0.3 is 0 Å². The van der Waals surface area contributed by atoms with E-state index in [-0.39, 0.29) is 5.25 Å². The van der Waals surface area contributed by atoms with Gasteiger partial charge in [-0.1, -0.05) is 13.8 Å². The molecule has 0 spiro atoms. The van der Waals surface area contributed by atoms with Crippen LogP contribution in [0.15, 0.2) is 17.3 Å². The maximum absolute atomic E-state index is 11.2. The second kappa shape index (κ2) is 2.96. The Bertz CT molecular complexity index is 218. The van der Waals surface area contributed by atoms with Crippen LogP contribution in [0.2, 0.25) is 0 Å². The van der Waals surface area contributed by atoms with E-state index in [2.05, 4.69) is 10.2 Å². The second-order valence-electron chi connectivity index (χ2n) is 2.27. The quantitative estimate of drug-likeness (QED) is 0.695. The molecular weight excluding hydrogens is 148 g/mol. The van der Waals surface area contributed by atoms with Crippen molar-refractivity contribution in [2.24, 2.45) is 0 Å². The molecule has 56 valence electrons. The highest BCUT2D eigenvalue weighted by Crippen LogP contribution is 2.05. The van der Waals surface area contributed by atoms with Gasteiger partial charge in [0.1, 0.15) is 5.03 Å². The lowest BCUT2D eigenvalue weighted by atomic mass is 10.6. The highest BCUT2D eigenvalue weighted by molar-refractivity contribution is 7.85. The summed E-state index contributed by atoms with van der Waals surface area (Å²) in [5.41, 5.74) is 0. The van der Waals surface area contributed by atoms with Gasteiger partial charge in [-0.15, -0.1) is 0 Å². The minimum Gasteiger partial charge on any atom is -0.269 e. The average Bonchev–Trinajstić information content (AvgIpc) is 2.36.